The fraction of sp³-hybridized carbons (Fsp3) is 0. The standard InChI is InChI=1S/C12H11NO7/c14-9(3-1-2-4-10(15)16)13(7-5-11(17)18)8-6-12(19)20/h1-8H,(H,15,16)(H,17,18)(H,19,20). The first kappa shape index (κ1) is 16.8. The minimum Gasteiger partial charge on any atom is -0.478 e. The second-order valence-corrected chi connectivity index (χ2v) is 3.11. The number of rotatable bonds is 7. The van der Waals surface area contributed by atoms with E-state index in [0.717, 1.165) is 36.7 Å². The van der Waals surface area contributed by atoms with Crippen LogP contribution in [0.25, 0.3) is 0 Å². The summed E-state index contributed by atoms with van der Waals surface area (Å²) in [6, 6.07) is 0. The quantitative estimate of drug-likeness (QED) is 0.448. The zero-order chi connectivity index (χ0) is 15.5. The van der Waals surface area contributed by atoms with Crippen LogP contribution in [0.1, 0.15) is 0 Å². The van der Waals surface area contributed by atoms with Gasteiger partial charge in [0.05, 0.1) is 0 Å². The fourth-order valence-electron chi connectivity index (χ4n) is 0.847. The third-order valence-electron chi connectivity index (χ3n) is 1.60. The predicted octanol–water partition coefficient (Wildman–Crippen LogP) is 0.209. The molecule has 1 amide bonds. The molecule has 0 heterocycles. The Bertz CT molecular complexity index is 490. The van der Waals surface area contributed by atoms with E-state index in [9.17, 15) is 19.2 Å². The van der Waals surface area contributed by atoms with Crippen molar-refractivity contribution in [3.8, 4) is 0 Å². The Morgan fingerprint density at radius 3 is 1.45 bits per heavy atom. The van der Waals surface area contributed by atoms with Gasteiger partial charge in [-0.3, -0.25) is 9.69 Å². The second kappa shape index (κ2) is 8.86. The van der Waals surface area contributed by atoms with Gasteiger partial charge >= 0.3 is 17.9 Å². The Balaban J connectivity index is 4.92. The third-order valence-corrected chi connectivity index (χ3v) is 1.60. The van der Waals surface area contributed by atoms with E-state index in [1.54, 1.807) is 0 Å². The third kappa shape index (κ3) is 8.93. The van der Waals surface area contributed by atoms with E-state index in [2.05, 4.69) is 0 Å². The molecular weight excluding hydrogens is 270 g/mol. The lowest BCUT2D eigenvalue weighted by Crippen LogP contribution is -2.18. The molecule has 20 heavy (non-hydrogen) atoms. The van der Waals surface area contributed by atoms with Crippen molar-refractivity contribution < 1.29 is 34.5 Å². The van der Waals surface area contributed by atoms with Crippen LogP contribution in [0.2, 0.25) is 0 Å². The van der Waals surface area contributed by atoms with Gasteiger partial charge in [0.2, 0.25) is 0 Å². The summed E-state index contributed by atoms with van der Waals surface area (Å²) in [7, 11) is 0. The number of carbonyl (C=O) groups excluding carboxylic acids is 1. The van der Waals surface area contributed by atoms with E-state index >= 15 is 0 Å². The Hall–Kier alpha value is -3.16. The van der Waals surface area contributed by atoms with Crippen LogP contribution in [0.3, 0.4) is 0 Å². The number of carboxylic acid groups (broad SMARTS) is 3. The predicted molar refractivity (Wildman–Crippen MR) is 66.3 cm³/mol. The SMILES string of the molecule is O=C(O)C=CC=CC(=O)N(C=CC(=O)O)C=CC(=O)O. The molecule has 8 nitrogen and oxygen atoms in total. The highest BCUT2D eigenvalue weighted by atomic mass is 16.4. The van der Waals surface area contributed by atoms with Gasteiger partial charge in [0.15, 0.2) is 0 Å². The van der Waals surface area contributed by atoms with Gasteiger partial charge in [-0.2, -0.15) is 0 Å². The van der Waals surface area contributed by atoms with Crippen molar-refractivity contribution in [3.63, 3.8) is 0 Å². The highest BCUT2D eigenvalue weighted by Gasteiger charge is 2.04. The molecule has 0 spiro atoms. The van der Waals surface area contributed by atoms with Gasteiger partial charge in [-0.05, 0) is 0 Å². The van der Waals surface area contributed by atoms with Crippen LogP contribution < -0.4 is 0 Å². The molecule has 0 unspecified atom stereocenters. The number of hydrogen-bond donors (Lipinski definition) is 3. The summed E-state index contributed by atoms with van der Waals surface area (Å²) in [6.07, 6.45) is 6.93. The number of nitrogens with zero attached hydrogens (tertiary/aromatic N) is 1. The molecule has 0 saturated heterocycles. The van der Waals surface area contributed by atoms with Crippen LogP contribution in [-0.2, 0) is 19.2 Å². The molecule has 0 aromatic heterocycles. The first-order chi connectivity index (χ1) is 9.32. The molecule has 0 aromatic carbocycles. The van der Waals surface area contributed by atoms with Crippen molar-refractivity contribution in [1.82, 2.24) is 4.90 Å². The smallest absolute Gasteiger partial charge is 0.329 e. The highest BCUT2D eigenvalue weighted by Crippen LogP contribution is 1.96. The van der Waals surface area contributed by atoms with Crippen molar-refractivity contribution in [3.05, 3.63) is 48.9 Å². The van der Waals surface area contributed by atoms with E-state index < -0.39 is 23.8 Å². The molecular formula is C12H11NO7. The van der Waals surface area contributed by atoms with Crippen LogP contribution in [0, 0.1) is 0 Å². The molecule has 0 atom stereocenters. The molecule has 0 aliphatic heterocycles. The first-order valence-corrected chi connectivity index (χ1v) is 5.05. The van der Waals surface area contributed by atoms with Crippen LogP contribution in [0.4, 0.5) is 0 Å². The molecule has 0 aliphatic rings. The molecule has 106 valence electrons. The Morgan fingerprint density at radius 1 is 0.650 bits per heavy atom. The van der Waals surface area contributed by atoms with Gasteiger partial charge in [-0.1, -0.05) is 12.2 Å². The maximum absolute atomic E-state index is 11.6. The van der Waals surface area contributed by atoms with E-state index in [1.165, 1.54) is 0 Å². The molecule has 0 aliphatic carbocycles. The zero-order valence-corrected chi connectivity index (χ0v) is 10.0. The summed E-state index contributed by atoms with van der Waals surface area (Å²) in [5.41, 5.74) is 0. The maximum atomic E-state index is 11.6. The molecule has 0 fully saturated rings. The summed E-state index contributed by atoms with van der Waals surface area (Å²) < 4.78 is 0. The lowest BCUT2D eigenvalue weighted by Gasteiger charge is -2.09. The number of carbonyl (C=O) groups is 4. The summed E-state index contributed by atoms with van der Waals surface area (Å²) in [5, 5.41) is 25.2. The summed E-state index contributed by atoms with van der Waals surface area (Å²) >= 11 is 0. The van der Waals surface area contributed by atoms with Gasteiger partial charge in [0.25, 0.3) is 5.91 Å². The minimum absolute atomic E-state index is 0.644. The van der Waals surface area contributed by atoms with Crippen LogP contribution >= 0.6 is 0 Å². The normalized spacial score (nSPS) is 11.6. The largest absolute Gasteiger partial charge is 0.478 e. The Kier molecular flexibility index (Phi) is 7.46. The second-order valence-electron chi connectivity index (χ2n) is 3.11. The number of aliphatic carboxylic acids is 3. The monoisotopic (exact) mass is 281 g/mol. The Morgan fingerprint density at radius 2 is 1.05 bits per heavy atom. The summed E-state index contributed by atoms with van der Waals surface area (Å²) in [4.78, 5) is 43.1. The van der Waals surface area contributed by atoms with E-state index in [1.807, 2.05) is 0 Å². The first-order valence-electron chi connectivity index (χ1n) is 5.05. The van der Waals surface area contributed by atoms with Crippen molar-refractivity contribution in [2.45, 2.75) is 0 Å². The summed E-state index contributed by atoms with van der Waals surface area (Å²) in [6.45, 7) is 0. The van der Waals surface area contributed by atoms with E-state index in [4.69, 9.17) is 15.3 Å². The molecule has 3 N–H and O–H groups in total. The van der Waals surface area contributed by atoms with Gasteiger partial charge in [0.1, 0.15) is 0 Å². The van der Waals surface area contributed by atoms with Gasteiger partial charge in [-0.25, -0.2) is 14.4 Å². The lowest BCUT2D eigenvalue weighted by molar-refractivity contribution is -0.132. The van der Waals surface area contributed by atoms with Crippen molar-refractivity contribution in [2.24, 2.45) is 0 Å². The average molecular weight is 281 g/mol. The molecule has 0 aromatic rings. The highest BCUT2D eigenvalue weighted by molar-refractivity contribution is 5.91. The van der Waals surface area contributed by atoms with E-state index in [-0.39, 0.29) is 0 Å². The molecule has 0 saturated carbocycles. The van der Waals surface area contributed by atoms with Gasteiger partial charge < -0.3 is 15.3 Å². The van der Waals surface area contributed by atoms with Crippen molar-refractivity contribution in [1.29, 1.82) is 0 Å². The van der Waals surface area contributed by atoms with Crippen LogP contribution in [-0.4, -0.2) is 44.0 Å². The molecule has 0 rings (SSSR count). The van der Waals surface area contributed by atoms with Gasteiger partial charge in [-0.15, -0.1) is 0 Å². The van der Waals surface area contributed by atoms with Crippen LogP contribution in [0.5, 0.6) is 0 Å². The minimum atomic E-state index is -1.32. The number of allylic oxidation sites excluding steroid dienone is 2. The zero-order valence-electron chi connectivity index (χ0n) is 10.0. The summed E-state index contributed by atoms with van der Waals surface area (Å²) in [5.74, 6) is -4.59. The van der Waals surface area contributed by atoms with E-state index in [0.29, 0.717) is 17.1 Å². The Labute approximate surface area is 113 Å². The maximum Gasteiger partial charge on any atom is 0.329 e. The van der Waals surface area contributed by atoms with Gasteiger partial charge in [0, 0.05) is 36.7 Å². The molecule has 8 heteroatoms. The number of carboxylic acids is 3. The fourth-order valence-corrected chi connectivity index (χ4v) is 0.847. The number of hydrogen-bond acceptors (Lipinski definition) is 4. The molecule has 0 bridgehead atoms. The topological polar surface area (TPSA) is 132 Å². The molecule has 0 radical (unpaired) electrons. The van der Waals surface area contributed by atoms with Crippen molar-refractivity contribution in [2.75, 3.05) is 0 Å². The average Bonchev–Trinajstić information content (AvgIpc) is 2.33. The van der Waals surface area contributed by atoms with Crippen LogP contribution in [0.15, 0.2) is 48.9 Å². The lowest BCUT2D eigenvalue weighted by atomic mass is 10.4. The number of amides is 1. The van der Waals surface area contributed by atoms with Crippen molar-refractivity contribution >= 4 is 23.8 Å².